The van der Waals surface area contributed by atoms with Gasteiger partial charge in [-0.05, 0) is 6.42 Å². The molecule has 2 rings (SSSR count). The number of aliphatic hydroxyl groups is 3. The molecule has 0 aliphatic carbocycles. The van der Waals surface area contributed by atoms with Gasteiger partial charge in [0.2, 0.25) is 0 Å². The number of carbonyl (C=O) groups excluding carboxylic acids is 1. The highest BCUT2D eigenvalue weighted by Gasteiger charge is 2.48. The zero-order chi connectivity index (χ0) is 11.9. The number of nitrogens with zero attached hydrogens (tertiary/aromatic N) is 1. The lowest BCUT2D eigenvalue weighted by Gasteiger charge is -2.42. The molecule has 6 N–H and O–H groups in total. The van der Waals surface area contributed by atoms with Crippen LogP contribution in [0, 0.1) is 0 Å². The van der Waals surface area contributed by atoms with Crippen LogP contribution in [0.25, 0.3) is 0 Å². The third-order valence-corrected chi connectivity index (χ3v) is 3.40. The number of amides is 2. The summed E-state index contributed by atoms with van der Waals surface area (Å²) < 4.78 is 0. The van der Waals surface area contributed by atoms with E-state index >= 15 is 0 Å². The van der Waals surface area contributed by atoms with Crippen LogP contribution < -0.4 is 11.1 Å². The molecule has 2 saturated heterocycles. The fraction of sp³-hybridized carbons (Fsp3) is 0.889. The van der Waals surface area contributed by atoms with Crippen LogP contribution in [0.5, 0.6) is 0 Å². The first-order valence-corrected chi connectivity index (χ1v) is 5.35. The van der Waals surface area contributed by atoms with Gasteiger partial charge in [0.1, 0.15) is 6.10 Å². The van der Waals surface area contributed by atoms with E-state index in [1.54, 1.807) is 0 Å². The normalized spacial score (nSPS) is 44.1. The van der Waals surface area contributed by atoms with Crippen molar-refractivity contribution in [3.05, 3.63) is 0 Å². The van der Waals surface area contributed by atoms with E-state index in [9.17, 15) is 20.1 Å². The number of piperidine rings is 1. The first-order chi connectivity index (χ1) is 7.50. The van der Waals surface area contributed by atoms with Crippen LogP contribution in [0.3, 0.4) is 0 Å². The quantitative estimate of drug-likeness (QED) is 0.334. The predicted molar refractivity (Wildman–Crippen MR) is 54.5 cm³/mol. The molecule has 92 valence electrons. The number of aliphatic hydroxyl groups excluding tert-OH is 3. The van der Waals surface area contributed by atoms with Gasteiger partial charge < -0.3 is 26.4 Å². The molecule has 0 aromatic heterocycles. The van der Waals surface area contributed by atoms with Crippen molar-refractivity contribution in [3.63, 3.8) is 0 Å². The first kappa shape index (κ1) is 11.6. The predicted octanol–water partition coefficient (Wildman–Crippen LogP) is -2.81. The third kappa shape index (κ3) is 1.86. The van der Waals surface area contributed by atoms with Gasteiger partial charge in [-0.3, -0.25) is 4.90 Å². The van der Waals surface area contributed by atoms with Crippen LogP contribution in [0.2, 0.25) is 0 Å². The van der Waals surface area contributed by atoms with Crippen LogP contribution in [-0.4, -0.2) is 69.7 Å². The number of hydrogen-bond donors (Lipinski definition) is 5. The van der Waals surface area contributed by atoms with Gasteiger partial charge in [0.15, 0.2) is 0 Å². The Bertz CT molecular complexity index is 288. The van der Waals surface area contributed by atoms with Crippen LogP contribution in [0.4, 0.5) is 4.79 Å². The second-order valence-corrected chi connectivity index (χ2v) is 4.44. The Morgan fingerprint density at radius 2 is 2.00 bits per heavy atom. The number of rotatable bonds is 1. The number of fused-ring (bicyclic) bond motifs is 1. The molecule has 2 fully saturated rings. The van der Waals surface area contributed by atoms with E-state index in [1.807, 2.05) is 4.90 Å². The average Bonchev–Trinajstić information content (AvgIpc) is 2.55. The monoisotopic (exact) mass is 231 g/mol. The summed E-state index contributed by atoms with van der Waals surface area (Å²) in [6, 6.07) is -1.76. The van der Waals surface area contributed by atoms with Gasteiger partial charge in [-0.1, -0.05) is 0 Å². The fourth-order valence-electron chi connectivity index (χ4n) is 2.63. The van der Waals surface area contributed by atoms with Crippen molar-refractivity contribution >= 4 is 6.03 Å². The summed E-state index contributed by atoms with van der Waals surface area (Å²) in [7, 11) is 0. The van der Waals surface area contributed by atoms with Crippen LogP contribution >= 0.6 is 0 Å². The molecule has 7 heteroatoms. The van der Waals surface area contributed by atoms with E-state index in [0.29, 0.717) is 19.5 Å². The van der Waals surface area contributed by atoms with Crippen LogP contribution in [-0.2, 0) is 0 Å². The van der Waals surface area contributed by atoms with E-state index in [4.69, 9.17) is 5.73 Å². The maximum absolute atomic E-state index is 10.7. The Balaban J connectivity index is 2.09. The molecule has 5 atom stereocenters. The Kier molecular flexibility index (Phi) is 3.02. The zero-order valence-electron chi connectivity index (χ0n) is 8.78. The topological polar surface area (TPSA) is 119 Å². The van der Waals surface area contributed by atoms with Crippen molar-refractivity contribution in [3.8, 4) is 0 Å². The summed E-state index contributed by atoms with van der Waals surface area (Å²) in [5.74, 6) is 0. The van der Waals surface area contributed by atoms with E-state index in [1.165, 1.54) is 0 Å². The minimum atomic E-state index is -1.10. The lowest BCUT2D eigenvalue weighted by molar-refractivity contribution is -0.0991. The second-order valence-electron chi connectivity index (χ2n) is 4.44. The van der Waals surface area contributed by atoms with Gasteiger partial charge in [-0.2, -0.15) is 0 Å². The number of hydrogen-bond acceptors (Lipinski definition) is 5. The van der Waals surface area contributed by atoms with Crippen molar-refractivity contribution < 1.29 is 20.1 Å². The molecule has 2 aliphatic heterocycles. The minimum Gasteiger partial charge on any atom is -0.391 e. The summed E-state index contributed by atoms with van der Waals surface area (Å²) >= 11 is 0. The van der Waals surface area contributed by atoms with Gasteiger partial charge in [-0.15, -0.1) is 0 Å². The molecule has 2 aliphatic rings. The van der Waals surface area contributed by atoms with Gasteiger partial charge in [0.25, 0.3) is 0 Å². The lowest BCUT2D eigenvalue weighted by Crippen LogP contribution is -2.66. The molecule has 0 aromatic rings. The second kappa shape index (κ2) is 4.17. The molecule has 0 aromatic carbocycles. The maximum Gasteiger partial charge on any atom is 0.312 e. The van der Waals surface area contributed by atoms with Crippen LogP contribution in [0.1, 0.15) is 6.42 Å². The Morgan fingerprint density at radius 1 is 1.31 bits per heavy atom. The molecule has 7 nitrogen and oxygen atoms in total. The van der Waals surface area contributed by atoms with Crippen molar-refractivity contribution in [2.24, 2.45) is 5.73 Å². The highest BCUT2D eigenvalue weighted by Crippen LogP contribution is 2.28. The van der Waals surface area contributed by atoms with E-state index in [-0.39, 0.29) is 0 Å². The van der Waals surface area contributed by atoms with Gasteiger partial charge in [0.05, 0.1) is 24.3 Å². The van der Waals surface area contributed by atoms with Gasteiger partial charge in [0, 0.05) is 13.1 Å². The van der Waals surface area contributed by atoms with E-state index in [2.05, 4.69) is 5.32 Å². The summed E-state index contributed by atoms with van der Waals surface area (Å²) in [6.07, 6.45) is -2.22. The molecule has 0 bridgehead atoms. The van der Waals surface area contributed by atoms with Crippen molar-refractivity contribution in [1.29, 1.82) is 0 Å². The molecule has 2 unspecified atom stereocenters. The zero-order valence-corrected chi connectivity index (χ0v) is 8.78. The van der Waals surface area contributed by atoms with Gasteiger partial charge in [-0.25, -0.2) is 4.79 Å². The van der Waals surface area contributed by atoms with Crippen molar-refractivity contribution in [2.45, 2.75) is 36.8 Å². The number of nitrogens with one attached hydrogen (secondary N) is 1. The van der Waals surface area contributed by atoms with Crippen LogP contribution in [0.15, 0.2) is 0 Å². The number of nitrogens with two attached hydrogens (primary N) is 1. The lowest BCUT2D eigenvalue weighted by atomic mass is 9.91. The maximum atomic E-state index is 10.7. The molecule has 2 amide bonds. The summed E-state index contributed by atoms with van der Waals surface area (Å²) in [5, 5.41) is 31.7. The van der Waals surface area contributed by atoms with E-state index < -0.39 is 36.4 Å². The highest BCUT2D eigenvalue weighted by molar-refractivity contribution is 5.72. The summed E-state index contributed by atoms with van der Waals surface area (Å²) in [6.45, 7) is 1.04. The smallest absolute Gasteiger partial charge is 0.312 e. The average molecular weight is 231 g/mol. The molecule has 2 heterocycles. The number of carbonyl (C=O) groups is 1. The Hall–Kier alpha value is -0.890. The molecular formula is C9H17N3O4. The van der Waals surface area contributed by atoms with Crippen molar-refractivity contribution in [1.82, 2.24) is 10.2 Å². The standard InChI is InChI=1S/C9H17N3O4/c10-9(16)11-4-3-12-2-1-5(13)6(12)8(15)7(4)14/h4-8,13-15H,1-3H2,(H3,10,11,16)/t4-,5?,6?,7+,8+/m0/s1. The van der Waals surface area contributed by atoms with Gasteiger partial charge >= 0.3 is 6.03 Å². The Morgan fingerprint density at radius 3 is 2.62 bits per heavy atom. The third-order valence-electron chi connectivity index (χ3n) is 3.40. The summed E-state index contributed by atoms with van der Waals surface area (Å²) in [5.41, 5.74) is 4.98. The minimum absolute atomic E-state index is 0.392. The largest absolute Gasteiger partial charge is 0.391 e. The summed E-state index contributed by atoms with van der Waals surface area (Å²) in [4.78, 5) is 12.6. The fourth-order valence-corrected chi connectivity index (χ4v) is 2.63. The molecular weight excluding hydrogens is 214 g/mol. The Labute approximate surface area is 92.8 Å². The highest BCUT2D eigenvalue weighted by atomic mass is 16.3. The molecule has 16 heavy (non-hydrogen) atoms. The number of primary amides is 1. The molecule has 0 radical (unpaired) electrons. The molecule has 0 spiro atoms. The number of urea groups is 1. The van der Waals surface area contributed by atoms with E-state index in [0.717, 1.165) is 0 Å². The SMILES string of the molecule is NC(=O)N[C@H]1CN2CCC(O)C2[C@@H](O)[C@@H]1O. The van der Waals surface area contributed by atoms with Crippen molar-refractivity contribution in [2.75, 3.05) is 13.1 Å². The molecule has 0 saturated carbocycles. The first-order valence-electron chi connectivity index (χ1n) is 5.35.